The molecule has 23 heteroatoms. The quantitative estimate of drug-likeness (QED) is 0.0881. The third-order valence-corrected chi connectivity index (χ3v) is 9.01. The van der Waals surface area contributed by atoms with Crippen LogP contribution in [0.2, 0.25) is 0 Å². The molecule has 4 rings (SSSR count). The number of nitrogens with one attached hydrogen (secondary N) is 2. The van der Waals surface area contributed by atoms with Gasteiger partial charge in [0, 0.05) is 13.8 Å². The van der Waals surface area contributed by atoms with E-state index in [9.17, 15) is 70.9 Å². The average molecular weight is 749 g/mol. The van der Waals surface area contributed by atoms with Crippen LogP contribution in [0.3, 0.4) is 0 Å². The molecule has 0 saturated carbocycles. The van der Waals surface area contributed by atoms with Crippen molar-refractivity contribution in [2.75, 3.05) is 26.4 Å². The van der Waals surface area contributed by atoms with E-state index >= 15 is 0 Å². The smallest absolute Gasteiger partial charge is 0.217 e. The monoisotopic (exact) mass is 748 g/mol. The van der Waals surface area contributed by atoms with Gasteiger partial charge in [-0.25, -0.2) is 0 Å². The van der Waals surface area contributed by atoms with Gasteiger partial charge in [-0.1, -0.05) is 0 Å². The predicted octanol–water partition coefficient (Wildman–Crippen LogP) is -9.46. The molecule has 0 radical (unpaired) electrons. The van der Waals surface area contributed by atoms with Gasteiger partial charge in [-0.3, -0.25) is 9.59 Å². The van der Waals surface area contributed by atoms with Crippen LogP contribution in [0, 0.1) is 0 Å². The highest BCUT2D eigenvalue weighted by molar-refractivity contribution is 5.73. The van der Waals surface area contributed by atoms with Crippen LogP contribution in [0.5, 0.6) is 0 Å². The van der Waals surface area contributed by atoms with Gasteiger partial charge in [0.05, 0.1) is 26.4 Å². The fraction of sp³-hybridized carbons (Fsp3) is 0.929. The fourth-order valence-corrected chi connectivity index (χ4v) is 6.35. The summed E-state index contributed by atoms with van der Waals surface area (Å²) in [6, 6.07) is -3.04. The molecular weight excluding hydrogens is 700 g/mol. The largest absolute Gasteiger partial charge is 0.394 e. The Labute approximate surface area is 289 Å². The summed E-state index contributed by atoms with van der Waals surface area (Å²) in [4.78, 5) is 23.9. The van der Waals surface area contributed by atoms with Crippen molar-refractivity contribution in [3.05, 3.63) is 0 Å². The molecule has 4 aliphatic rings. The molecule has 14 N–H and O–H groups in total. The Kier molecular flexibility index (Phi) is 14.8. The van der Waals surface area contributed by atoms with E-state index in [0.717, 1.165) is 13.8 Å². The first-order chi connectivity index (χ1) is 24.1. The second kappa shape index (κ2) is 18.0. The molecule has 20 atom stereocenters. The van der Waals surface area contributed by atoms with E-state index in [4.69, 9.17) is 33.2 Å². The number of aliphatic hydroxyl groups excluding tert-OH is 12. The van der Waals surface area contributed by atoms with Crippen molar-refractivity contribution in [1.82, 2.24) is 10.6 Å². The van der Waals surface area contributed by atoms with Gasteiger partial charge in [0.2, 0.25) is 11.8 Å². The number of ether oxygens (including phenoxy) is 7. The van der Waals surface area contributed by atoms with Gasteiger partial charge < -0.3 is 105 Å². The Morgan fingerprint density at radius 3 is 1.41 bits per heavy atom. The second-order valence-corrected chi connectivity index (χ2v) is 12.6. The van der Waals surface area contributed by atoms with E-state index in [1.165, 1.54) is 0 Å². The van der Waals surface area contributed by atoms with Crippen molar-refractivity contribution in [3.63, 3.8) is 0 Å². The van der Waals surface area contributed by atoms with Crippen molar-refractivity contribution in [3.8, 4) is 0 Å². The summed E-state index contributed by atoms with van der Waals surface area (Å²) in [5.41, 5.74) is 0. The minimum atomic E-state index is -2.04. The topological polar surface area (TPSA) is 366 Å². The summed E-state index contributed by atoms with van der Waals surface area (Å²) in [6.45, 7) is -1.28. The normalized spacial score (nSPS) is 47.8. The molecule has 0 bridgehead atoms. The molecule has 4 aliphatic heterocycles. The van der Waals surface area contributed by atoms with Crippen LogP contribution in [0.4, 0.5) is 0 Å². The summed E-state index contributed by atoms with van der Waals surface area (Å²) in [5, 5.41) is 130. The van der Waals surface area contributed by atoms with Gasteiger partial charge in [0.25, 0.3) is 0 Å². The van der Waals surface area contributed by atoms with E-state index in [0.29, 0.717) is 0 Å². The minimum absolute atomic E-state index is 0.660. The molecule has 296 valence electrons. The molecule has 4 heterocycles. The second-order valence-electron chi connectivity index (χ2n) is 12.6. The molecule has 0 aromatic heterocycles. The van der Waals surface area contributed by atoms with Crippen molar-refractivity contribution in [2.45, 2.75) is 137 Å². The molecule has 23 nitrogen and oxygen atoms in total. The Hall–Kier alpha value is -1.82. The van der Waals surface area contributed by atoms with Crippen LogP contribution < -0.4 is 10.6 Å². The Morgan fingerprint density at radius 1 is 0.471 bits per heavy atom. The van der Waals surface area contributed by atoms with E-state index < -0.39 is 161 Å². The van der Waals surface area contributed by atoms with Gasteiger partial charge in [0.1, 0.15) is 97.5 Å². The number of hydrogen-bond acceptors (Lipinski definition) is 21. The first kappa shape index (κ1) is 41.9. The van der Waals surface area contributed by atoms with Gasteiger partial charge in [-0.05, 0) is 0 Å². The highest BCUT2D eigenvalue weighted by Gasteiger charge is 2.55. The Morgan fingerprint density at radius 2 is 0.882 bits per heavy atom. The lowest BCUT2D eigenvalue weighted by atomic mass is 9.94. The first-order valence-electron chi connectivity index (χ1n) is 16.1. The maximum Gasteiger partial charge on any atom is 0.217 e. The van der Waals surface area contributed by atoms with Crippen molar-refractivity contribution in [1.29, 1.82) is 0 Å². The number of amides is 2. The van der Waals surface area contributed by atoms with Crippen LogP contribution in [-0.4, -0.2) is 222 Å². The first-order valence-corrected chi connectivity index (χ1v) is 16.1. The summed E-state index contributed by atoms with van der Waals surface area (Å²) < 4.78 is 39.1. The van der Waals surface area contributed by atoms with E-state index in [1.54, 1.807) is 0 Å². The SMILES string of the molecule is CC(=O)N[C@H]1[C@@H](O[C@H]2[C@H](O)[C@H](NC(C)=O)[C@H](O)O[C@@H]2CO)O[C@H](CO)[C@@H](O[C@@H]2O[C@H](CO)[C@@H](O)[C@H](O[C@H]3O[C@H](CO)[C@@H](O)[C@H](O)[C@@H]3O)[C@@H]2O)[C@@H]1O. The van der Waals surface area contributed by atoms with Crippen LogP contribution in [0.15, 0.2) is 0 Å². The van der Waals surface area contributed by atoms with Crippen LogP contribution in [0.1, 0.15) is 13.8 Å². The maximum absolute atomic E-state index is 12.2. The Balaban J connectivity index is 1.56. The number of carbonyl (C=O) groups excluding carboxylic acids is 2. The summed E-state index contributed by atoms with van der Waals surface area (Å²) in [6.07, 6.45) is -31.4. The molecule has 4 saturated heterocycles. The Bertz CT molecular complexity index is 1140. The molecule has 0 aromatic rings. The number of carbonyl (C=O) groups is 2. The molecular formula is C28H48N2O21. The van der Waals surface area contributed by atoms with Crippen molar-refractivity contribution >= 4 is 11.8 Å². The van der Waals surface area contributed by atoms with E-state index in [1.807, 2.05) is 0 Å². The van der Waals surface area contributed by atoms with Gasteiger partial charge >= 0.3 is 0 Å². The lowest BCUT2D eigenvalue weighted by molar-refractivity contribution is -0.379. The molecule has 2 amide bonds. The highest BCUT2D eigenvalue weighted by Crippen LogP contribution is 2.34. The lowest BCUT2D eigenvalue weighted by Gasteiger charge is -2.50. The zero-order valence-electron chi connectivity index (χ0n) is 27.4. The standard InChI is InChI=1S/C28H48N2O21/c1-7(35)29-13-17(39)22(11(5-33)45-25(13)44)49-26-14(30-8(2)36)18(40)23(12(6-34)48-26)50-28-21(43)24(16(38)10(4-32)47-28)51-27-20(42)19(41)15(37)9(3-31)46-27/h9-28,31-34,37-44H,3-6H2,1-2H3,(H,29,35)(H,30,36)/t9-,10-,11-,12-,13+,14-,15-,16-,17-,18-,19+,20+,21+,22-,23-,24+,25-,26-,27-,28+/m1/s1. The van der Waals surface area contributed by atoms with Crippen LogP contribution in [-0.2, 0) is 42.7 Å². The van der Waals surface area contributed by atoms with Gasteiger partial charge in [0.15, 0.2) is 25.2 Å². The van der Waals surface area contributed by atoms with Crippen molar-refractivity contribution < 1.29 is 104 Å². The fourth-order valence-electron chi connectivity index (χ4n) is 6.35. The highest BCUT2D eigenvalue weighted by atomic mass is 16.8. The molecule has 0 aliphatic carbocycles. The molecule has 4 fully saturated rings. The number of hydrogen-bond donors (Lipinski definition) is 14. The van der Waals surface area contributed by atoms with Crippen LogP contribution >= 0.6 is 0 Å². The number of aliphatic hydroxyl groups is 12. The zero-order valence-corrected chi connectivity index (χ0v) is 27.4. The molecule has 51 heavy (non-hydrogen) atoms. The third kappa shape index (κ3) is 9.11. The predicted molar refractivity (Wildman–Crippen MR) is 157 cm³/mol. The third-order valence-electron chi connectivity index (χ3n) is 9.01. The van der Waals surface area contributed by atoms with Crippen molar-refractivity contribution in [2.24, 2.45) is 0 Å². The van der Waals surface area contributed by atoms with E-state index in [2.05, 4.69) is 10.6 Å². The average Bonchev–Trinajstić information content (AvgIpc) is 3.09. The summed E-state index contributed by atoms with van der Waals surface area (Å²) in [5.74, 6) is -1.40. The number of rotatable bonds is 12. The molecule has 0 aromatic carbocycles. The summed E-state index contributed by atoms with van der Waals surface area (Å²) >= 11 is 0. The minimum Gasteiger partial charge on any atom is -0.394 e. The molecule has 0 spiro atoms. The maximum atomic E-state index is 12.2. The summed E-state index contributed by atoms with van der Waals surface area (Å²) in [7, 11) is 0. The van der Waals surface area contributed by atoms with Gasteiger partial charge in [-0.2, -0.15) is 0 Å². The van der Waals surface area contributed by atoms with Crippen LogP contribution in [0.25, 0.3) is 0 Å². The van der Waals surface area contributed by atoms with E-state index in [-0.39, 0.29) is 0 Å². The zero-order chi connectivity index (χ0) is 37.9. The lowest BCUT2D eigenvalue weighted by Crippen LogP contribution is -2.70. The molecule has 0 unspecified atom stereocenters. The van der Waals surface area contributed by atoms with Gasteiger partial charge in [-0.15, -0.1) is 0 Å².